The molecule has 1 aromatic carbocycles. The minimum atomic E-state index is 0. The van der Waals surface area contributed by atoms with E-state index in [1.807, 2.05) is 24.6 Å². The lowest BCUT2D eigenvalue weighted by atomic mass is 10.0. The van der Waals surface area contributed by atoms with E-state index in [1.165, 1.54) is 5.56 Å². The Labute approximate surface area is 214 Å². The summed E-state index contributed by atoms with van der Waals surface area (Å²) >= 11 is 0. The highest BCUT2D eigenvalue weighted by molar-refractivity contribution is 14.0. The first kappa shape index (κ1) is 27.3. The second kappa shape index (κ2) is 13.7. The SMILES string of the molecule is COc1ccc(C)cc1C(C)NC(=NCc1nnc(C)n1C)NCCCN1CCOCC1.I. The van der Waals surface area contributed by atoms with Gasteiger partial charge in [-0.25, -0.2) is 4.99 Å². The molecule has 1 unspecified atom stereocenters. The quantitative estimate of drug-likeness (QED) is 0.207. The van der Waals surface area contributed by atoms with E-state index in [0.29, 0.717) is 6.54 Å². The van der Waals surface area contributed by atoms with E-state index in [2.05, 4.69) is 51.7 Å². The summed E-state index contributed by atoms with van der Waals surface area (Å²) in [7, 11) is 3.67. The molecule has 0 saturated carbocycles. The van der Waals surface area contributed by atoms with Crippen LogP contribution in [0.1, 0.15) is 42.2 Å². The van der Waals surface area contributed by atoms with Gasteiger partial charge in [-0.15, -0.1) is 34.2 Å². The monoisotopic (exact) mass is 571 g/mol. The summed E-state index contributed by atoms with van der Waals surface area (Å²) in [6.07, 6.45) is 1.03. The molecule has 0 bridgehead atoms. The molecule has 1 aromatic heterocycles. The Bertz CT molecular complexity index is 897. The molecule has 1 atom stereocenters. The number of aliphatic imine (C=N–C) groups is 1. The van der Waals surface area contributed by atoms with Crippen LogP contribution in [-0.2, 0) is 18.3 Å². The molecular formula is C23H38IN7O2. The van der Waals surface area contributed by atoms with Gasteiger partial charge in [0.05, 0.1) is 26.4 Å². The Morgan fingerprint density at radius 2 is 2.00 bits per heavy atom. The maximum Gasteiger partial charge on any atom is 0.192 e. The topological polar surface area (TPSA) is 88.8 Å². The molecule has 2 aromatic rings. The van der Waals surface area contributed by atoms with Crippen molar-refractivity contribution in [3.63, 3.8) is 0 Å². The summed E-state index contributed by atoms with van der Waals surface area (Å²) in [5.41, 5.74) is 2.30. The van der Waals surface area contributed by atoms with E-state index in [0.717, 1.165) is 74.7 Å². The Morgan fingerprint density at radius 1 is 1.24 bits per heavy atom. The number of aryl methyl sites for hydroxylation is 2. The zero-order chi connectivity index (χ0) is 22.9. The molecule has 184 valence electrons. The third kappa shape index (κ3) is 8.11. The number of nitrogens with zero attached hydrogens (tertiary/aromatic N) is 5. The molecule has 1 saturated heterocycles. The van der Waals surface area contributed by atoms with Crippen molar-refractivity contribution in [1.82, 2.24) is 30.3 Å². The Balaban J connectivity index is 0.00000385. The minimum absolute atomic E-state index is 0. The van der Waals surface area contributed by atoms with Crippen LogP contribution in [0.5, 0.6) is 5.75 Å². The molecule has 1 aliphatic heterocycles. The molecule has 0 radical (unpaired) electrons. The van der Waals surface area contributed by atoms with Gasteiger partial charge in [0, 0.05) is 32.2 Å². The number of rotatable bonds is 9. The maximum absolute atomic E-state index is 5.58. The van der Waals surface area contributed by atoms with Gasteiger partial charge < -0.3 is 24.7 Å². The third-order valence-corrected chi connectivity index (χ3v) is 5.81. The van der Waals surface area contributed by atoms with Crippen LogP contribution in [0.15, 0.2) is 23.2 Å². The first-order valence-corrected chi connectivity index (χ1v) is 11.3. The summed E-state index contributed by atoms with van der Waals surface area (Å²) in [5.74, 6) is 3.33. The third-order valence-electron chi connectivity index (χ3n) is 5.81. The average Bonchev–Trinajstić information content (AvgIpc) is 3.12. The molecule has 0 spiro atoms. The number of ether oxygens (including phenoxy) is 2. The van der Waals surface area contributed by atoms with Crippen molar-refractivity contribution >= 4 is 29.9 Å². The molecule has 3 rings (SSSR count). The van der Waals surface area contributed by atoms with Crippen LogP contribution in [0.4, 0.5) is 0 Å². The molecule has 1 fully saturated rings. The smallest absolute Gasteiger partial charge is 0.192 e. The Kier molecular flexibility index (Phi) is 11.3. The number of halogens is 1. The van der Waals surface area contributed by atoms with Gasteiger partial charge in [-0.1, -0.05) is 17.7 Å². The van der Waals surface area contributed by atoms with Gasteiger partial charge in [0.25, 0.3) is 0 Å². The predicted octanol–water partition coefficient (Wildman–Crippen LogP) is 2.58. The van der Waals surface area contributed by atoms with Crippen molar-refractivity contribution in [2.24, 2.45) is 12.0 Å². The number of guanidine groups is 1. The first-order chi connectivity index (χ1) is 15.5. The lowest BCUT2D eigenvalue weighted by Gasteiger charge is -2.26. The fourth-order valence-corrected chi connectivity index (χ4v) is 3.70. The summed E-state index contributed by atoms with van der Waals surface area (Å²) < 4.78 is 13.0. The van der Waals surface area contributed by atoms with E-state index in [9.17, 15) is 0 Å². The van der Waals surface area contributed by atoms with Gasteiger partial charge in [-0.3, -0.25) is 4.90 Å². The summed E-state index contributed by atoms with van der Waals surface area (Å²) in [5, 5.41) is 15.4. The van der Waals surface area contributed by atoms with Gasteiger partial charge in [0.2, 0.25) is 0 Å². The van der Waals surface area contributed by atoms with E-state index in [4.69, 9.17) is 14.5 Å². The van der Waals surface area contributed by atoms with Crippen molar-refractivity contribution in [2.45, 2.75) is 39.8 Å². The minimum Gasteiger partial charge on any atom is -0.496 e. The van der Waals surface area contributed by atoms with Crippen molar-refractivity contribution < 1.29 is 9.47 Å². The Hall–Kier alpha value is -1.92. The number of hydrogen-bond donors (Lipinski definition) is 2. The standard InChI is InChI=1S/C23H37N7O2.HI/c1-17-7-8-21(31-5)20(15-17)18(2)26-23(25-16-22-28-27-19(3)29(22)4)24-9-6-10-30-11-13-32-14-12-30;/h7-8,15,18H,6,9-14,16H2,1-5H3,(H2,24,25,26);1H. The van der Waals surface area contributed by atoms with Crippen LogP contribution in [0.3, 0.4) is 0 Å². The van der Waals surface area contributed by atoms with Crippen molar-refractivity contribution in [3.8, 4) is 5.75 Å². The highest BCUT2D eigenvalue weighted by Gasteiger charge is 2.15. The molecule has 33 heavy (non-hydrogen) atoms. The number of methoxy groups -OCH3 is 1. The van der Waals surface area contributed by atoms with Gasteiger partial charge in [-0.05, 0) is 39.8 Å². The molecule has 9 nitrogen and oxygen atoms in total. The zero-order valence-electron chi connectivity index (χ0n) is 20.4. The fraction of sp³-hybridized carbons (Fsp3) is 0.609. The molecule has 10 heteroatoms. The Morgan fingerprint density at radius 3 is 2.67 bits per heavy atom. The molecular weight excluding hydrogens is 533 g/mol. The number of benzene rings is 1. The van der Waals surface area contributed by atoms with Crippen molar-refractivity contribution in [1.29, 1.82) is 0 Å². The van der Waals surface area contributed by atoms with Crippen LogP contribution in [0.2, 0.25) is 0 Å². The predicted molar refractivity (Wildman–Crippen MR) is 141 cm³/mol. The van der Waals surface area contributed by atoms with E-state index in [1.54, 1.807) is 7.11 Å². The lowest BCUT2D eigenvalue weighted by Crippen LogP contribution is -2.41. The maximum atomic E-state index is 5.58. The number of aromatic nitrogens is 3. The summed E-state index contributed by atoms with van der Waals surface area (Å²) in [6, 6.07) is 6.25. The van der Waals surface area contributed by atoms with Gasteiger partial charge in [-0.2, -0.15) is 0 Å². The fourth-order valence-electron chi connectivity index (χ4n) is 3.70. The molecule has 1 aliphatic rings. The summed E-state index contributed by atoms with van der Waals surface area (Å²) in [4.78, 5) is 7.24. The van der Waals surface area contributed by atoms with Crippen molar-refractivity contribution in [3.05, 3.63) is 41.0 Å². The van der Waals surface area contributed by atoms with Crippen LogP contribution in [0, 0.1) is 13.8 Å². The van der Waals surface area contributed by atoms with Gasteiger partial charge in [0.15, 0.2) is 11.8 Å². The van der Waals surface area contributed by atoms with Gasteiger partial charge in [0.1, 0.15) is 18.1 Å². The first-order valence-electron chi connectivity index (χ1n) is 11.3. The number of morpholine rings is 1. The van der Waals surface area contributed by atoms with Crippen LogP contribution < -0.4 is 15.4 Å². The molecule has 2 N–H and O–H groups in total. The van der Waals surface area contributed by atoms with Crippen LogP contribution in [0.25, 0.3) is 0 Å². The van der Waals surface area contributed by atoms with Gasteiger partial charge >= 0.3 is 0 Å². The second-order valence-electron chi connectivity index (χ2n) is 8.23. The largest absolute Gasteiger partial charge is 0.496 e. The molecule has 2 heterocycles. The number of nitrogens with one attached hydrogen (secondary N) is 2. The highest BCUT2D eigenvalue weighted by atomic mass is 127. The van der Waals surface area contributed by atoms with E-state index >= 15 is 0 Å². The normalized spacial score (nSPS) is 15.6. The summed E-state index contributed by atoms with van der Waals surface area (Å²) in [6.45, 7) is 12.2. The highest BCUT2D eigenvalue weighted by Crippen LogP contribution is 2.26. The number of hydrogen-bond acceptors (Lipinski definition) is 6. The van der Waals surface area contributed by atoms with E-state index < -0.39 is 0 Å². The molecule has 0 aliphatic carbocycles. The molecule has 0 amide bonds. The van der Waals surface area contributed by atoms with E-state index in [-0.39, 0.29) is 30.0 Å². The van der Waals surface area contributed by atoms with Crippen LogP contribution in [-0.4, -0.2) is 72.1 Å². The van der Waals surface area contributed by atoms with Crippen LogP contribution >= 0.6 is 24.0 Å². The second-order valence-corrected chi connectivity index (χ2v) is 8.23. The zero-order valence-corrected chi connectivity index (χ0v) is 22.8. The van der Waals surface area contributed by atoms with Crippen molar-refractivity contribution in [2.75, 3.05) is 46.5 Å². The lowest BCUT2D eigenvalue weighted by molar-refractivity contribution is 0.0376. The average molecular weight is 572 g/mol.